The van der Waals surface area contributed by atoms with E-state index in [1.165, 1.54) is 44.5 Å². The maximum absolute atomic E-state index is 5.57. The van der Waals surface area contributed by atoms with Gasteiger partial charge in [-0.05, 0) is 74.9 Å². The predicted octanol–water partition coefficient (Wildman–Crippen LogP) is 12.9. The molecule has 1 heteroatoms. The molecule has 4 aromatic carbocycles. The van der Waals surface area contributed by atoms with Crippen LogP contribution in [0.1, 0.15) is 92.9 Å². The number of ether oxygens (including phenoxy) is 1. The van der Waals surface area contributed by atoms with E-state index in [2.05, 4.69) is 141 Å². The Hall–Kier alpha value is -3.58. The summed E-state index contributed by atoms with van der Waals surface area (Å²) in [5, 5.41) is 0. The highest BCUT2D eigenvalue weighted by molar-refractivity contribution is 5.84. The Kier molecular flexibility index (Phi) is 12.2. The molecule has 0 fully saturated rings. The van der Waals surface area contributed by atoms with Crippen LogP contribution in [0.3, 0.4) is 0 Å². The summed E-state index contributed by atoms with van der Waals surface area (Å²) in [5.74, 6) is 0.908. The predicted molar refractivity (Wildman–Crippen MR) is 192 cm³/mol. The van der Waals surface area contributed by atoms with Crippen LogP contribution in [0.15, 0.2) is 97.6 Å². The van der Waals surface area contributed by atoms with Crippen molar-refractivity contribution in [3.63, 3.8) is 0 Å². The van der Waals surface area contributed by atoms with Crippen molar-refractivity contribution in [2.45, 2.75) is 88.5 Å². The van der Waals surface area contributed by atoms with Gasteiger partial charge < -0.3 is 4.74 Å². The lowest BCUT2D eigenvalue weighted by Crippen LogP contribution is -2.26. The second-order valence-corrected chi connectivity index (χ2v) is 12.9. The topological polar surface area (TPSA) is 9.23 Å². The number of hydrogen-bond acceptors (Lipinski definition) is 1. The number of allylic oxidation sites excluding steroid dienone is 1. The number of hydrogen-bond donors (Lipinski definition) is 0. The molecule has 0 N–H and O–H groups in total. The van der Waals surface area contributed by atoms with Gasteiger partial charge >= 0.3 is 0 Å². The van der Waals surface area contributed by atoms with Gasteiger partial charge in [0.2, 0.25) is 0 Å². The molecule has 0 unspecified atom stereocenters. The lowest BCUT2D eigenvalue weighted by atomic mass is 9.70. The molecule has 0 saturated carbocycles. The second kappa shape index (κ2) is 14.7. The van der Waals surface area contributed by atoms with Crippen LogP contribution < -0.4 is 4.74 Å². The van der Waals surface area contributed by atoms with Crippen molar-refractivity contribution in [3.8, 4) is 39.1 Å². The first kappa shape index (κ1) is 35.6. The normalized spacial score (nSPS) is 12.6. The minimum absolute atomic E-state index is 0.0246. The van der Waals surface area contributed by atoms with Crippen molar-refractivity contribution < 1.29 is 4.74 Å². The first-order valence-corrected chi connectivity index (χ1v) is 15.9. The molecule has 1 aliphatic carbocycles. The first-order chi connectivity index (χ1) is 20.3. The summed E-state index contributed by atoms with van der Waals surface area (Å²) in [6, 6.07) is 30.8. The molecule has 0 atom stereocenters. The molecule has 0 amide bonds. The summed E-state index contributed by atoms with van der Waals surface area (Å²) in [5.41, 5.74) is 12.2. The van der Waals surface area contributed by atoms with Gasteiger partial charge in [-0.2, -0.15) is 0 Å². The third-order valence-corrected chi connectivity index (χ3v) is 8.91. The van der Waals surface area contributed by atoms with E-state index in [1.807, 2.05) is 39.8 Å². The zero-order valence-electron chi connectivity index (χ0n) is 29.3. The van der Waals surface area contributed by atoms with Gasteiger partial charge in [-0.15, -0.1) is 6.58 Å². The van der Waals surface area contributed by atoms with E-state index < -0.39 is 0 Å². The van der Waals surface area contributed by atoms with E-state index in [0.29, 0.717) is 5.41 Å². The van der Waals surface area contributed by atoms with E-state index in [0.717, 1.165) is 11.3 Å². The monoisotopic (exact) mass is 576 g/mol. The Bertz CT molecular complexity index is 1480. The summed E-state index contributed by atoms with van der Waals surface area (Å²) in [4.78, 5) is 0. The van der Waals surface area contributed by atoms with Crippen LogP contribution in [-0.2, 0) is 5.41 Å². The van der Waals surface area contributed by atoms with E-state index in [-0.39, 0.29) is 10.8 Å². The Balaban J connectivity index is 0.000000425. The van der Waals surface area contributed by atoms with Gasteiger partial charge in [0.25, 0.3) is 0 Å². The minimum Gasteiger partial charge on any atom is -0.496 e. The van der Waals surface area contributed by atoms with Crippen LogP contribution in [0.25, 0.3) is 33.4 Å². The largest absolute Gasteiger partial charge is 0.496 e. The third-order valence-electron chi connectivity index (χ3n) is 8.91. The van der Waals surface area contributed by atoms with Gasteiger partial charge in [0.05, 0.1) is 7.11 Å². The highest BCUT2D eigenvalue weighted by Crippen LogP contribution is 2.49. The molecule has 5 rings (SSSR count). The van der Waals surface area contributed by atoms with Gasteiger partial charge in [-0.25, -0.2) is 0 Å². The molecule has 0 aromatic heterocycles. The number of rotatable bonds is 4. The molecule has 43 heavy (non-hydrogen) atoms. The van der Waals surface area contributed by atoms with Crippen molar-refractivity contribution in [3.05, 3.63) is 114 Å². The fraction of sp³-hybridized carbons (Fsp3) is 0.381. The molecule has 230 valence electrons. The van der Waals surface area contributed by atoms with Crippen LogP contribution in [0.4, 0.5) is 0 Å². The molecule has 0 bridgehead atoms. The van der Waals surface area contributed by atoms with Gasteiger partial charge in [0.1, 0.15) is 5.75 Å². The highest BCUT2D eigenvalue weighted by Gasteiger charge is 2.35. The smallest absolute Gasteiger partial charge is 0.126 e. The van der Waals surface area contributed by atoms with E-state index >= 15 is 0 Å². The Morgan fingerprint density at radius 2 is 1.16 bits per heavy atom. The average molecular weight is 577 g/mol. The Morgan fingerprint density at radius 3 is 1.70 bits per heavy atom. The van der Waals surface area contributed by atoms with Crippen molar-refractivity contribution in [2.24, 2.45) is 10.8 Å². The molecule has 1 nitrogen and oxygen atoms in total. The van der Waals surface area contributed by atoms with Crippen LogP contribution in [0.5, 0.6) is 5.75 Å². The lowest BCUT2D eigenvalue weighted by molar-refractivity contribution is 0.193. The Labute approximate surface area is 264 Å². The van der Waals surface area contributed by atoms with Crippen molar-refractivity contribution in [1.29, 1.82) is 0 Å². The maximum atomic E-state index is 5.57. The maximum Gasteiger partial charge on any atom is 0.126 e. The Morgan fingerprint density at radius 1 is 0.628 bits per heavy atom. The van der Waals surface area contributed by atoms with Gasteiger partial charge in [-0.1, -0.05) is 155 Å². The number of methoxy groups -OCH3 is 1. The van der Waals surface area contributed by atoms with Crippen LogP contribution >= 0.6 is 0 Å². The fourth-order valence-electron chi connectivity index (χ4n) is 5.08. The van der Waals surface area contributed by atoms with Crippen LogP contribution in [0.2, 0.25) is 0 Å². The zero-order valence-corrected chi connectivity index (χ0v) is 29.3. The van der Waals surface area contributed by atoms with Crippen LogP contribution in [-0.4, -0.2) is 7.11 Å². The number of fused-ring (bicyclic) bond motifs is 3. The minimum atomic E-state index is 0.0246. The molecule has 0 saturated heterocycles. The number of benzene rings is 4. The summed E-state index contributed by atoms with van der Waals surface area (Å²) >= 11 is 0. The number of aryl methyl sites for hydroxylation is 1. The second-order valence-electron chi connectivity index (χ2n) is 12.9. The standard InChI is InChI=1S/C29H26O.C9H18.2C2H6/c1-19-9-16-28(30-4)25(17-19)21-12-10-20(11-13-21)22-14-15-24-23-7-5-6-8-26(23)29(2,3)27(24)18-22;1-7-9(5,6)8(2,3)4;2*1-2/h5-18H,1-4H3;7H,1H2,2-6H3;2*1-2H3. The fourth-order valence-corrected chi connectivity index (χ4v) is 5.08. The summed E-state index contributed by atoms with van der Waals surface area (Å²) in [6.45, 7) is 29.7. The van der Waals surface area contributed by atoms with Crippen molar-refractivity contribution >= 4 is 0 Å². The molecule has 0 spiro atoms. The van der Waals surface area contributed by atoms with Crippen molar-refractivity contribution in [2.75, 3.05) is 7.11 Å². The van der Waals surface area contributed by atoms with E-state index in [9.17, 15) is 0 Å². The van der Waals surface area contributed by atoms with Gasteiger partial charge in [0.15, 0.2) is 0 Å². The van der Waals surface area contributed by atoms with E-state index in [1.54, 1.807) is 7.11 Å². The summed E-state index contributed by atoms with van der Waals surface area (Å²) in [7, 11) is 1.73. The zero-order chi connectivity index (χ0) is 32.6. The lowest BCUT2D eigenvalue weighted by Gasteiger charge is -2.35. The SMILES string of the molecule is C=CC(C)(C)C(C)(C)C.CC.CC.COc1ccc(C)cc1-c1ccc(-c2ccc3c(c2)C(C)(C)c2ccccc2-3)cc1. The average Bonchev–Trinajstić information content (AvgIpc) is 3.25. The first-order valence-electron chi connectivity index (χ1n) is 15.9. The molecular formula is C42H56O. The molecule has 0 aliphatic heterocycles. The van der Waals surface area contributed by atoms with Crippen LogP contribution in [0, 0.1) is 17.8 Å². The molecular weight excluding hydrogens is 520 g/mol. The quantitative estimate of drug-likeness (QED) is 0.220. The van der Waals surface area contributed by atoms with E-state index in [4.69, 9.17) is 4.74 Å². The van der Waals surface area contributed by atoms with Gasteiger partial charge in [-0.3, -0.25) is 0 Å². The molecule has 0 radical (unpaired) electrons. The van der Waals surface area contributed by atoms with Crippen molar-refractivity contribution in [1.82, 2.24) is 0 Å². The third kappa shape index (κ3) is 7.69. The molecule has 4 aromatic rings. The molecule has 1 aliphatic rings. The van der Waals surface area contributed by atoms with Gasteiger partial charge in [0, 0.05) is 11.0 Å². The summed E-state index contributed by atoms with van der Waals surface area (Å²) < 4.78 is 5.57. The molecule has 0 heterocycles. The summed E-state index contributed by atoms with van der Waals surface area (Å²) in [6.07, 6.45) is 2.02. The highest BCUT2D eigenvalue weighted by atomic mass is 16.5.